The van der Waals surface area contributed by atoms with Crippen molar-refractivity contribution in [3.8, 4) is 10.6 Å². The fourth-order valence-corrected chi connectivity index (χ4v) is 5.74. The Kier molecular flexibility index (Phi) is 5.41. The second kappa shape index (κ2) is 9.21. The summed E-state index contributed by atoms with van der Waals surface area (Å²) < 4.78 is 2.35. The summed E-state index contributed by atoms with van der Waals surface area (Å²) in [4.78, 5) is 18.5. The third-order valence-corrected chi connectivity index (χ3v) is 7.58. The van der Waals surface area contributed by atoms with Gasteiger partial charge in [-0.15, -0.1) is 16.4 Å². The Morgan fingerprint density at radius 1 is 0.895 bits per heavy atom. The predicted octanol–water partition coefficient (Wildman–Crippen LogP) is 6.74. The molecule has 182 valence electrons. The van der Waals surface area contributed by atoms with Crippen LogP contribution in [0.4, 0.5) is 5.69 Å². The number of carbonyl (C=O) groups is 1. The molecule has 3 aromatic heterocycles. The van der Waals surface area contributed by atoms with Crippen LogP contribution in [0.2, 0.25) is 0 Å². The largest absolute Gasteiger partial charge is 0.334 e. The number of anilines is 1. The van der Waals surface area contributed by atoms with Crippen LogP contribution >= 0.6 is 11.3 Å². The highest BCUT2D eigenvalue weighted by atomic mass is 32.1. The van der Waals surface area contributed by atoms with Crippen LogP contribution < -0.4 is 5.32 Å². The molecule has 0 aliphatic carbocycles. The van der Waals surface area contributed by atoms with Gasteiger partial charge in [-0.1, -0.05) is 72.8 Å². The van der Waals surface area contributed by atoms with E-state index in [0.29, 0.717) is 11.4 Å². The lowest BCUT2D eigenvalue weighted by Crippen LogP contribution is -2.13. The highest BCUT2D eigenvalue weighted by molar-refractivity contribution is 7.13. The number of hydrogen-bond donors (Lipinski definition) is 1. The number of carbonyl (C=O) groups excluding carboxylic acids is 1. The number of nitrogens with zero attached hydrogens (tertiary/aromatic N) is 4. The number of thiophene rings is 1. The third-order valence-electron chi connectivity index (χ3n) is 6.70. The van der Waals surface area contributed by atoms with Gasteiger partial charge in [-0.25, -0.2) is 4.98 Å². The van der Waals surface area contributed by atoms with E-state index in [9.17, 15) is 4.79 Å². The van der Waals surface area contributed by atoms with E-state index in [-0.39, 0.29) is 5.91 Å². The van der Waals surface area contributed by atoms with Gasteiger partial charge in [-0.05, 0) is 35.2 Å². The van der Waals surface area contributed by atoms with Crippen LogP contribution in [0.25, 0.3) is 32.4 Å². The lowest BCUT2D eigenvalue weighted by molar-refractivity contribution is -0.110. The van der Waals surface area contributed by atoms with Crippen LogP contribution in [-0.4, -0.2) is 27.4 Å². The predicted molar refractivity (Wildman–Crippen MR) is 155 cm³/mol. The number of para-hydroxylation sites is 2. The second-order valence-corrected chi connectivity index (χ2v) is 10.00. The Bertz CT molecular complexity index is 1880. The maximum Gasteiger partial charge on any atom is 0.276 e. The van der Waals surface area contributed by atoms with Crippen molar-refractivity contribution >= 4 is 56.7 Å². The molecule has 1 aliphatic heterocycles. The van der Waals surface area contributed by atoms with Crippen molar-refractivity contribution in [1.29, 1.82) is 0 Å². The average Bonchev–Trinajstić information content (AvgIpc) is 3.67. The number of hydrogen-bond acceptors (Lipinski definition) is 5. The summed E-state index contributed by atoms with van der Waals surface area (Å²) in [5.41, 5.74) is 6.85. The maximum absolute atomic E-state index is 12.4. The van der Waals surface area contributed by atoms with E-state index >= 15 is 0 Å². The molecule has 0 spiro atoms. The van der Waals surface area contributed by atoms with E-state index in [1.807, 2.05) is 36.4 Å². The molecular formula is C31H21N5OS. The molecule has 1 aliphatic rings. The topological polar surface area (TPSA) is 71.6 Å². The Morgan fingerprint density at radius 2 is 1.71 bits per heavy atom. The van der Waals surface area contributed by atoms with Crippen LogP contribution in [0.15, 0.2) is 113 Å². The van der Waals surface area contributed by atoms with Crippen molar-refractivity contribution in [3.63, 3.8) is 0 Å². The Labute approximate surface area is 222 Å². The summed E-state index contributed by atoms with van der Waals surface area (Å²) in [6.45, 7) is 0.737. The average molecular weight is 512 g/mol. The molecule has 4 heterocycles. The van der Waals surface area contributed by atoms with Crippen molar-refractivity contribution in [2.45, 2.75) is 6.54 Å². The lowest BCUT2D eigenvalue weighted by atomic mass is 10.1. The molecule has 7 rings (SSSR count). The first kappa shape index (κ1) is 22.3. The summed E-state index contributed by atoms with van der Waals surface area (Å²) in [5.74, 6) is -0.255. The first-order valence-electron chi connectivity index (χ1n) is 12.3. The zero-order valence-electron chi connectivity index (χ0n) is 20.2. The van der Waals surface area contributed by atoms with E-state index in [1.54, 1.807) is 17.6 Å². The Hall–Kier alpha value is -4.88. The van der Waals surface area contributed by atoms with Crippen LogP contribution in [0.5, 0.6) is 0 Å². The monoisotopic (exact) mass is 511 g/mol. The fraction of sp³-hybridized carbons (Fsp3) is 0.0323. The molecule has 0 unspecified atom stereocenters. The van der Waals surface area contributed by atoms with Crippen LogP contribution in [-0.2, 0) is 11.3 Å². The minimum Gasteiger partial charge on any atom is -0.334 e. The second-order valence-electron chi connectivity index (χ2n) is 9.05. The van der Waals surface area contributed by atoms with E-state index in [4.69, 9.17) is 4.98 Å². The van der Waals surface area contributed by atoms with E-state index < -0.39 is 0 Å². The van der Waals surface area contributed by atoms with E-state index in [2.05, 4.69) is 86.1 Å². The zero-order chi connectivity index (χ0) is 25.5. The number of pyridine rings is 1. The molecule has 1 amide bonds. The highest BCUT2D eigenvalue weighted by Gasteiger charge is 2.25. The Morgan fingerprint density at radius 3 is 2.58 bits per heavy atom. The molecule has 0 bridgehead atoms. The number of benzene rings is 3. The van der Waals surface area contributed by atoms with Crippen molar-refractivity contribution < 1.29 is 4.79 Å². The molecule has 0 radical (unpaired) electrons. The van der Waals surface area contributed by atoms with Gasteiger partial charge in [0.2, 0.25) is 0 Å². The van der Waals surface area contributed by atoms with Gasteiger partial charge in [0, 0.05) is 28.4 Å². The molecule has 38 heavy (non-hydrogen) atoms. The van der Waals surface area contributed by atoms with Gasteiger partial charge in [0.1, 0.15) is 5.69 Å². The first-order valence-corrected chi connectivity index (χ1v) is 13.2. The fourth-order valence-electron chi connectivity index (χ4n) is 5.02. The molecular weight excluding hydrogens is 490 g/mol. The minimum absolute atomic E-state index is 0.255. The van der Waals surface area contributed by atoms with Gasteiger partial charge in [0.05, 0.1) is 28.0 Å². The summed E-state index contributed by atoms with van der Waals surface area (Å²) in [6, 6.07) is 32.6. The van der Waals surface area contributed by atoms with Gasteiger partial charge in [0.25, 0.3) is 5.91 Å². The molecule has 7 heteroatoms. The molecule has 6 nitrogen and oxygen atoms in total. The minimum atomic E-state index is -0.255. The number of amides is 1. The van der Waals surface area contributed by atoms with Crippen LogP contribution in [0, 0.1) is 0 Å². The zero-order valence-corrected chi connectivity index (χ0v) is 21.0. The molecule has 0 atom stereocenters. The molecule has 0 fully saturated rings. The normalized spacial score (nSPS) is 14.1. The first-order chi connectivity index (χ1) is 18.8. The summed E-state index contributed by atoms with van der Waals surface area (Å²) in [5, 5.41) is 15.7. The van der Waals surface area contributed by atoms with Crippen LogP contribution in [0.3, 0.4) is 0 Å². The number of rotatable bonds is 5. The molecule has 3 aromatic carbocycles. The smallest absolute Gasteiger partial charge is 0.276 e. The number of fused-ring (bicyclic) bond motifs is 4. The molecule has 6 aromatic rings. The molecule has 0 saturated heterocycles. The van der Waals surface area contributed by atoms with Gasteiger partial charge < -0.3 is 9.88 Å². The van der Waals surface area contributed by atoms with Crippen molar-refractivity contribution in [2.24, 2.45) is 10.2 Å². The van der Waals surface area contributed by atoms with Gasteiger partial charge in [0.15, 0.2) is 5.71 Å². The SMILES string of the molecule is O=C1Nc2ccccc2C1=NN=Cc1cc2c3ccccc3n(Cc3ccccc3)c2c(-c2cccs2)n1. The molecule has 1 N–H and O–H groups in total. The number of nitrogens with one attached hydrogen (secondary N) is 1. The van der Waals surface area contributed by atoms with Gasteiger partial charge in [-0.3, -0.25) is 4.79 Å². The summed E-state index contributed by atoms with van der Waals surface area (Å²) >= 11 is 1.66. The lowest BCUT2D eigenvalue weighted by Gasteiger charge is -2.11. The van der Waals surface area contributed by atoms with Crippen molar-refractivity contribution in [2.75, 3.05) is 5.32 Å². The quantitative estimate of drug-likeness (QED) is 0.206. The van der Waals surface area contributed by atoms with Crippen LogP contribution in [0.1, 0.15) is 16.8 Å². The van der Waals surface area contributed by atoms with E-state index in [1.165, 1.54) is 5.56 Å². The number of aromatic nitrogens is 2. The van der Waals surface area contributed by atoms with Crippen molar-refractivity contribution in [1.82, 2.24) is 9.55 Å². The van der Waals surface area contributed by atoms with Gasteiger partial charge in [-0.2, -0.15) is 5.10 Å². The van der Waals surface area contributed by atoms with E-state index in [0.717, 1.165) is 50.2 Å². The standard InChI is InChI=1S/C31H21N5OS/c37-31-28(23-12-4-6-13-25(23)34-31)35-32-18-21-17-24-22-11-5-7-14-26(22)36(19-20-9-2-1-3-10-20)30(24)29(33-21)27-15-8-16-38-27/h1-18H,19H2,(H,34,35,37). The third kappa shape index (κ3) is 3.81. The highest BCUT2D eigenvalue weighted by Crippen LogP contribution is 2.37. The Balaban J connectivity index is 1.40. The van der Waals surface area contributed by atoms with Gasteiger partial charge >= 0.3 is 0 Å². The van der Waals surface area contributed by atoms with Crippen molar-refractivity contribution in [3.05, 3.63) is 119 Å². The summed E-state index contributed by atoms with van der Waals surface area (Å²) in [7, 11) is 0. The maximum atomic E-state index is 12.4. The summed E-state index contributed by atoms with van der Waals surface area (Å²) in [6.07, 6.45) is 1.63. The molecule has 0 saturated carbocycles.